The minimum Gasteiger partial charge on any atom is -0.337 e. The van der Waals surface area contributed by atoms with E-state index >= 15 is 0 Å². The van der Waals surface area contributed by atoms with Gasteiger partial charge >= 0.3 is 0 Å². The summed E-state index contributed by atoms with van der Waals surface area (Å²) >= 11 is 2.00. The van der Waals surface area contributed by atoms with Crippen LogP contribution in [0.4, 0.5) is 0 Å². The summed E-state index contributed by atoms with van der Waals surface area (Å²) in [6.07, 6.45) is 8.57. The van der Waals surface area contributed by atoms with Gasteiger partial charge in [-0.05, 0) is 45.5 Å². The van der Waals surface area contributed by atoms with Gasteiger partial charge in [-0.2, -0.15) is 11.8 Å². The summed E-state index contributed by atoms with van der Waals surface area (Å²) in [5.74, 6) is 2.92. The molecule has 1 heterocycles. The van der Waals surface area contributed by atoms with Gasteiger partial charge in [0.25, 0.3) is 0 Å². The Balaban J connectivity index is 2.03. The van der Waals surface area contributed by atoms with Crippen molar-refractivity contribution in [1.29, 1.82) is 0 Å². The predicted octanol–water partition coefficient (Wildman–Crippen LogP) is 2.24. The van der Waals surface area contributed by atoms with Crippen LogP contribution in [0.5, 0.6) is 0 Å². The van der Waals surface area contributed by atoms with Crippen LogP contribution in [-0.4, -0.2) is 60.4 Å². The Morgan fingerprint density at radius 2 is 2.26 bits per heavy atom. The molecule has 0 N–H and O–H groups in total. The molecule has 108 valence electrons. The Labute approximate surface area is 121 Å². The van der Waals surface area contributed by atoms with Crippen molar-refractivity contribution in [1.82, 2.24) is 9.80 Å². The summed E-state index contributed by atoms with van der Waals surface area (Å²) in [7, 11) is 4.20. The molecule has 1 aliphatic heterocycles. The van der Waals surface area contributed by atoms with E-state index in [0.29, 0.717) is 11.9 Å². The largest absolute Gasteiger partial charge is 0.337 e. The summed E-state index contributed by atoms with van der Waals surface area (Å²) < 4.78 is 0. The zero-order valence-electron chi connectivity index (χ0n) is 12.2. The number of allylic oxidation sites excluding steroid dienone is 2. The SMILES string of the molecule is CN(C)CC1CSCCCN1C(=O)C1CC=CCC1. The number of rotatable bonds is 3. The number of nitrogens with zero attached hydrogens (tertiary/aromatic N) is 2. The van der Waals surface area contributed by atoms with Crippen LogP contribution in [0.3, 0.4) is 0 Å². The fourth-order valence-corrected chi connectivity index (χ4v) is 4.00. The fraction of sp³-hybridized carbons (Fsp3) is 0.800. The highest BCUT2D eigenvalue weighted by Crippen LogP contribution is 2.24. The fourth-order valence-electron chi connectivity index (χ4n) is 2.94. The van der Waals surface area contributed by atoms with Gasteiger partial charge < -0.3 is 9.80 Å². The zero-order valence-corrected chi connectivity index (χ0v) is 13.0. The third-order valence-electron chi connectivity index (χ3n) is 3.92. The van der Waals surface area contributed by atoms with Gasteiger partial charge in [-0.15, -0.1) is 0 Å². The van der Waals surface area contributed by atoms with Crippen molar-refractivity contribution in [3.63, 3.8) is 0 Å². The number of hydrogen-bond donors (Lipinski definition) is 0. The van der Waals surface area contributed by atoms with E-state index in [0.717, 1.165) is 44.5 Å². The molecule has 0 bridgehead atoms. The first-order valence-electron chi connectivity index (χ1n) is 7.36. The molecule has 2 rings (SSSR count). The van der Waals surface area contributed by atoms with E-state index in [1.165, 1.54) is 5.75 Å². The van der Waals surface area contributed by atoms with Crippen molar-refractivity contribution in [2.45, 2.75) is 31.7 Å². The minimum atomic E-state index is 0.234. The van der Waals surface area contributed by atoms with E-state index in [1.807, 2.05) is 11.8 Å². The summed E-state index contributed by atoms with van der Waals surface area (Å²) in [6.45, 7) is 1.94. The second-order valence-corrected chi connectivity index (χ2v) is 7.01. The third kappa shape index (κ3) is 4.25. The summed E-state index contributed by atoms with van der Waals surface area (Å²) in [5, 5.41) is 0. The number of likely N-dealkylation sites (N-methyl/N-ethyl adjacent to an activating group) is 1. The molecule has 1 fully saturated rings. The Hall–Kier alpha value is -0.480. The molecule has 19 heavy (non-hydrogen) atoms. The summed E-state index contributed by atoms with van der Waals surface area (Å²) in [4.78, 5) is 17.2. The van der Waals surface area contributed by atoms with Gasteiger partial charge in [-0.25, -0.2) is 0 Å². The van der Waals surface area contributed by atoms with E-state index in [9.17, 15) is 4.79 Å². The molecule has 0 aromatic rings. The highest BCUT2D eigenvalue weighted by molar-refractivity contribution is 7.99. The van der Waals surface area contributed by atoms with E-state index in [-0.39, 0.29) is 5.92 Å². The molecule has 0 saturated carbocycles. The molecule has 0 radical (unpaired) electrons. The lowest BCUT2D eigenvalue weighted by Crippen LogP contribution is -2.49. The summed E-state index contributed by atoms with van der Waals surface area (Å²) in [6, 6.07) is 0.390. The van der Waals surface area contributed by atoms with Crippen LogP contribution in [0.25, 0.3) is 0 Å². The molecule has 4 heteroatoms. The van der Waals surface area contributed by atoms with Crippen molar-refractivity contribution in [2.75, 3.05) is 38.7 Å². The maximum atomic E-state index is 12.8. The molecule has 1 aliphatic carbocycles. The first kappa shape index (κ1) is 14.9. The minimum absolute atomic E-state index is 0.234. The van der Waals surface area contributed by atoms with Crippen LogP contribution in [0.2, 0.25) is 0 Å². The summed E-state index contributed by atoms with van der Waals surface area (Å²) in [5.41, 5.74) is 0. The highest BCUT2D eigenvalue weighted by Gasteiger charge is 2.30. The Bertz CT molecular complexity index is 330. The number of carbonyl (C=O) groups is 1. The molecule has 2 atom stereocenters. The maximum Gasteiger partial charge on any atom is 0.226 e. The molecule has 3 nitrogen and oxygen atoms in total. The standard InChI is InChI=1S/C15H26N2OS/c1-16(2)11-14-12-19-10-6-9-17(14)15(18)13-7-4-3-5-8-13/h3-4,13-14H,5-12H2,1-2H3. The van der Waals surface area contributed by atoms with Gasteiger partial charge in [-0.1, -0.05) is 12.2 Å². The number of thioether (sulfide) groups is 1. The zero-order chi connectivity index (χ0) is 13.7. The van der Waals surface area contributed by atoms with Crippen LogP contribution in [0.15, 0.2) is 12.2 Å². The van der Waals surface area contributed by atoms with Gasteiger partial charge in [0.15, 0.2) is 0 Å². The van der Waals surface area contributed by atoms with Crippen LogP contribution < -0.4 is 0 Å². The van der Waals surface area contributed by atoms with Gasteiger partial charge in [0.2, 0.25) is 5.91 Å². The monoisotopic (exact) mass is 282 g/mol. The molecule has 1 saturated heterocycles. The van der Waals surface area contributed by atoms with E-state index in [1.54, 1.807) is 0 Å². The van der Waals surface area contributed by atoms with Gasteiger partial charge in [0.1, 0.15) is 0 Å². The van der Waals surface area contributed by atoms with E-state index in [2.05, 4.69) is 36.0 Å². The second kappa shape index (κ2) is 7.34. The molecular formula is C15H26N2OS. The molecular weight excluding hydrogens is 256 g/mol. The first-order chi connectivity index (χ1) is 9.18. The molecule has 1 amide bonds. The number of hydrogen-bond acceptors (Lipinski definition) is 3. The van der Waals surface area contributed by atoms with Crippen molar-refractivity contribution in [3.8, 4) is 0 Å². The topological polar surface area (TPSA) is 23.6 Å². The molecule has 0 aromatic heterocycles. The van der Waals surface area contributed by atoms with E-state index < -0.39 is 0 Å². The first-order valence-corrected chi connectivity index (χ1v) is 8.52. The quantitative estimate of drug-likeness (QED) is 0.742. The average molecular weight is 282 g/mol. The van der Waals surface area contributed by atoms with Gasteiger partial charge in [0.05, 0.1) is 6.04 Å². The lowest BCUT2D eigenvalue weighted by Gasteiger charge is -2.34. The van der Waals surface area contributed by atoms with Crippen LogP contribution in [0, 0.1) is 5.92 Å². The van der Waals surface area contributed by atoms with E-state index in [4.69, 9.17) is 0 Å². The molecule has 0 aromatic carbocycles. The maximum absolute atomic E-state index is 12.8. The van der Waals surface area contributed by atoms with Crippen molar-refractivity contribution in [3.05, 3.63) is 12.2 Å². The number of amides is 1. The molecule has 2 unspecified atom stereocenters. The lowest BCUT2D eigenvalue weighted by molar-refractivity contribution is -0.138. The Kier molecular flexibility index (Phi) is 5.76. The van der Waals surface area contributed by atoms with Gasteiger partial charge in [0, 0.05) is 24.8 Å². The van der Waals surface area contributed by atoms with Gasteiger partial charge in [-0.3, -0.25) is 4.79 Å². The lowest BCUT2D eigenvalue weighted by atomic mass is 9.92. The third-order valence-corrected chi connectivity index (χ3v) is 5.11. The predicted molar refractivity (Wildman–Crippen MR) is 82.5 cm³/mol. The normalized spacial score (nSPS) is 28.5. The molecule has 0 spiro atoms. The van der Waals surface area contributed by atoms with Crippen LogP contribution in [-0.2, 0) is 4.79 Å². The second-order valence-electron chi connectivity index (χ2n) is 5.86. The van der Waals surface area contributed by atoms with Crippen molar-refractivity contribution >= 4 is 17.7 Å². The molecule has 2 aliphatic rings. The Morgan fingerprint density at radius 1 is 1.42 bits per heavy atom. The Morgan fingerprint density at radius 3 is 2.95 bits per heavy atom. The van der Waals surface area contributed by atoms with Crippen molar-refractivity contribution in [2.24, 2.45) is 5.92 Å². The highest BCUT2D eigenvalue weighted by atomic mass is 32.2. The number of carbonyl (C=O) groups excluding carboxylic acids is 1. The average Bonchev–Trinajstić information content (AvgIpc) is 2.64. The van der Waals surface area contributed by atoms with Crippen molar-refractivity contribution < 1.29 is 4.79 Å². The van der Waals surface area contributed by atoms with Crippen LogP contribution >= 0.6 is 11.8 Å². The smallest absolute Gasteiger partial charge is 0.226 e. The van der Waals surface area contributed by atoms with Crippen LogP contribution in [0.1, 0.15) is 25.7 Å².